The smallest absolute Gasteiger partial charge is 0.309 e. The average molecular weight is 184 g/mol. The maximum absolute atomic E-state index is 11.1. The van der Waals surface area contributed by atoms with Crippen molar-refractivity contribution in [2.75, 3.05) is 0 Å². The van der Waals surface area contributed by atoms with Gasteiger partial charge < -0.3 is 5.11 Å². The zero-order valence-electron chi connectivity index (χ0n) is 8.17. The van der Waals surface area contributed by atoms with Crippen LogP contribution >= 0.6 is 0 Å². The molecule has 1 fully saturated rings. The summed E-state index contributed by atoms with van der Waals surface area (Å²) in [5, 5.41) is 9.13. The highest BCUT2D eigenvalue weighted by molar-refractivity contribution is 5.83. The first kappa shape index (κ1) is 10.2. The van der Waals surface area contributed by atoms with Crippen molar-refractivity contribution in [2.24, 2.45) is 11.3 Å². The highest BCUT2D eigenvalue weighted by Crippen LogP contribution is 2.41. The summed E-state index contributed by atoms with van der Waals surface area (Å²) in [5.74, 6) is -0.425. The Kier molecular flexibility index (Phi) is 2.74. The minimum Gasteiger partial charge on any atom is -0.481 e. The van der Waals surface area contributed by atoms with E-state index in [0.29, 0.717) is 25.7 Å². The van der Waals surface area contributed by atoms with Gasteiger partial charge in [0.25, 0.3) is 0 Å². The molecule has 0 aromatic heterocycles. The Morgan fingerprint density at radius 3 is 2.15 bits per heavy atom. The first-order valence-corrected chi connectivity index (χ1v) is 4.74. The van der Waals surface area contributed by atoms with Gasteiger partial charge in [0, 0.05) is 12.8 Å². The number of hydrogen-bond donors (Lipinski definition) is 1. The summed E-state index contributed by atoms with van der Waals surface area (Å²) in [6.07, 6.45) is 1.90. The van der Waals surface area contributed by atoms with E-state index >= 15 is 0 Å². The van der Waals surface area contributed by atoms with Gasteiger partial charge in [0.05, 0.1) is 5.41 Å². The molecule has 1 saturated carbocycles. The molecule has 0 aliphatic heterocycles. The van der Waals surface area contributed by atoms with E-state index in [1.807, 2.05) is 13.8 Å². The summed E-state index contributed by atoms with van der Waals surface area (Å²) >= 11 is 0. The van der Waals surface area contributed by atoms with Crippen LogP contribution in [-0.4, -0.2) is 16.9 Å². The number of hydrogen-bond acceptors (Lipinski definition) is 2. The molecule has 1 rings (SSSR count). The maximum atomic E-state index is 11.1. The van der Waals surface area contributed by atoms with Crippen LogP contribution in [0.25, 0.3) is 0 Å². The number of carboxylic acid groups (broad SMARTS) is 1. The minimum absolute atomic E-state index is 0.109. The molecule has 0 unspecified atom stereocenters. The Labute approximate surface area is 78.1 Å². The van der Waals surface area contributed by atoms with E-state index in [2.05, 4.69) is 0 Å². The molecule has 1 N–H and O–H groups in total. The van der Waals surface area contributed by atoms with Crippen LogP contribution in [0.15, 0.2) is 0 Å². The number of Topliss-reactive ketones (excluding diaryl/α,β-unsaturated/α-hetero) is 1. The van der Waals surface area contributed by atoms with Crippen LogP contribution in [0.2, 0.25) is 0 Å². The molecular weight excluding hydrogens is 168 g/mol. The van der Waals surface area contributed by atoms with Crippen LogP contribution in [-0.2, 0) is 9.59 Å². The quantitative estimate of drug-likeness (QED) is 0.712. The third-order valence-corrected chi connectivity index (χ3v) is 3.23. The molecule has 1 aliphatic rings. The molecule has 0 aromatic rings. The zero-order chi connectivity index (χ0) is 10.1. The predicted molar refractivity (Wildman–Crippen MR) is 48.4 cm³/mol. The van der Waals surface area contributed by atoms with Crippen LogP contribution in [0, 0.1) is 11.3 Å². The Bertz CT molecular complexity index is 220. The minimum atomic E-state index is -0.741. The highest BCUT2D eigenvalue weighted by atomic mass is 16.4. The molecule has 0 aromatic carbocycles. The van der Waals surface area contributed by atoms with Crippen molar-refractivity contribution in [3.05, 3.63) is 0 Å². The summed E-state index contributed by atoms with van der Waals surface area (Å²) in [6, 6.07) is 0. The maximum Gasteiger partial charge on any atom is 0.309 e. The fourth-order valence-corrected chi connectivity index (χ4v) is 2.01. The average Bonchev–Trinajstić information content (AvgIpc) is 2.04. The molecule has 0 radical (unpaired) electrons. The third-order valence-electron chi connectivity index (χ3n) is 3.23. The van der Waals surface area contributed by atoms with E-state index in [1.54, 1.807) is 0 Å². The Balaban J connectivity index is 2.81. The largest absolute Gasteiger partial charge is 0.481 e. The summed E-state index contributed by atoms with van der Waals surface area (Å²) < 4.78 is 0. The molecule has 0 saturated heterocycles. The van der Waals surface area contributed by atoms with Gasteiger partial charge in [0.1, 0.15) is 5.78 Å². The van der Waals surface area contributed by atoms with Crippen molar-refractivity contribution in [1.82, 2.24) is 0 Å². The van der Waals surface area contributed by atoms with Crippen LogP contribution < -0.4 is 0 Å². The van der Waals surface area contributed by atoms with Crippen LogP contribution in [0.5, 0.6) is 0 Å². The van der Waals surface area contributed by atoms with E-state index in [-0.39, 0.29) is 11.7 Å². The van der Waals surface area contributed by atoms with Crippen molar-refractivity contribution in [3.63, 3.8) is 0 Å². The highest BCUT2D eigenvalue weighted by Gasteiger charge is 2.43. The van der Waals surface area contributed by atoms with Gasteiger partial charge in [-0.1, -0.05) is 13.8 Å². The number of carbonyl (C=O) groups excluding carboxylic acids is 1. The molecule has 1 aliphatic carbocycles. The lowest BCUT2D eigenvalue weighted by Crippen LogP contribution is -2.40. The molecular formula is C10H16O3. The number of carboxylic acids is 1. The van der Waals surface area contributed by atoms with Crippen LogP contribution in [0.3, 0.4) is 0 Å². The first-order valence-electron chi connectivity index (χ1n) is 4.74. The fourth-order valence-electron chi connectivity index (χ4n) is 2.01. The van der Waals surface area contributed by atoms with Crippen molar-refractivity contribution in [1.29, 1.82) is 0 Å². The van der Waals surface area contributed by atoms with Gasteiger partial charge in [-0.3, -0.25) is 9.59 Å². The summed E-state index contributed by atoms with van der Waals surface area (Å²) in [5.41, 5.74) is -0.645. The number of carbonyl (C=O) groups is 2. The second-order valence-electron chi connectivity index (χ2n) is 4.15. The van der Waals surface area contributed by atoms with Crippen molar-refractivity contribution < 1.29 is 14.7 Å². The number of rotatable bonds is 2. The van der Waals surface area contributed by atoms with E-state index < -0.39 is 11.4 Å². The lowest BCUT2D eigenvalue weighted by molar-refractivity contribution is -0.155. The first-order chi connectivity index (χ1) is 5.99. The lowest BCUT2D eigenvalue weighted by Gasteiger charge is -2.36. The Morgan fingerprint density at radius 1 is 1.38 bits per heavy atom. The summed E-state index contributed by atoms with van der Waals surface area (Å²) in [6.45, 7) is 3.84. The SMILES string of the molecule is CC(C)C1(C(=O)O)CCC(=O)CC1. The summed E-state index contributed by atoms with van der Waals surface area (Å²) in [4.78, 5) is 22.1. The second-order valence-corrected chi connectivity index (χ2v) is 4.15. The number of aliphatic carboxylic acids is 1. The predicted octanol–water partition coefficient (Wildman–Crippen LogP) is 1.86. The van der Waals surface area contributed by atoms with Crippen molar-refractivity contribution in [3.8, 4) is 0 Å². The lowest BCUT2D eigenvalue weighted by atomic mass is 9.67. The van der Waals surface area contributed by atoms with E-state index in [1.165, 1.54) is 0 Å². The Hall–Kier alpha value is -0.860. The third kappa shape index (κ3) is 1.74. The van der Waals surface area contributed by atoms with E-state index in [4.69, 9.17) is 5.11 Å². The fraction of sp³-hybridized carbons (Fsp3) is 0.800. The molecule has 3 heteroatoms. The van der Waals surface area contributed by atoms with Gasteiger partial charge in [-0.25, -0.2) is 0 Å². The van der Waals surface area contributed by atoms with Gasteiger partial charge in [-0.2, -0.15) is 0 Å². The van der Waals surface area contributed by atoms with Gasteiger partial charge >= 0.3 is 5.97 Å². The molecule has 3 nitrogen and oxygen atoms in total. The zero-order valence-corrected chi connectivity index (χ0v) is 8.17. The Morgan fingerprint density at radius 2 is 1.85 bits per heavy atom. The van der Waals surface area contributed by atoms with Crippen molar-refractivity contribution in [2.45, 2.75) is 39.5 Å². The topological polar surface area (TPSA) is 54.4 Å². The monoisotopic (exact) mass is 184 g/mol. The van der Waals surface area contributed by atoms with Gasteiger partial charge in [-0.05, 0) is 18.8 Å². The van der Waals surface area contributed by atoms with Crippen LogP contribution in [0.4, 0.5) is 0 Å². The second kappa shape index (κ2) is 3.48. The summed E-state index contributed by atoms with van der Waals surface area (Å²) in [7, 11) is 0. The van der Waals surface area contributed by atoms with Gasteiger partial charge in [-0.15, -0.1) is 0 Å². The van der Waals surface area contributed by atoms with E-state index in [0.717, 1.165) is 0 Å². The van der Waals surface area contributed by atoms with Gasteiger partial charge in [0.15, 0.2) is 0 Å². The molecule has 74 valence electrons. The molecule has 0 amide bonds. The molecule has 13 heavy (non-hydrogen) atoms. The van der Waals surface area contributed by atoms with Crippen molar-refractivity contribution >= 4 is 11.8 Å². The van der Waals surface area contributed by atoms with E-state index in [9.17, 15) is 9.59 Å². The normalized spacial score (nSPS) is 21.9. The molecule has 0 atom stereocenters. The number of ketones is 1. The molecule has 0 spiro atoms. The van der Waals surface area contributed by atoms with Gasteiger partial charge in [0.2, 0.25) is 0 Å². The molecule has 0 bridgehead atoms. The van der Waals surface area contributed by atoms with Crippen LogP contribution in [0.1, 0.15) is 39.5 Å². The standard InChI is InChI=1S/C10H16O3/c1-7(2)10(9(12)13)5-3-8(11)4-6-10/h7H,3-6H2,1-2H3,(H,12,13). The molecule has 0 heterocycles.